The van der Waals surface area contributed by atoms with Crippen molar-refractivity contribution in [3.8, 4) is 11.5 Å². The summed E-state index contributed by atoms with van der Waals surface area (Å²) in [6, 6.07) is 12.5. The Morgan fingerprint density at radius 3 is 2.57 bits per heavy atom. The fourth-order valence-electron chi connectivity index (χ4n) is 3.30. The van der Waals surface area contributed by atoms with Crippen LogP contribution < -0.4 is 20.2 Å². The van der Waals surface area contributed by atoms with Gasteiger partial charge in [-0.3, -0.25) is 9.59 Å². The lowest BCUT2D eigenvalue weighted by Gasteiger charge is -2.18. The summed E-state index contributed by atoms with van der Waals surface area (Å²) in [7, 11) is 3.13. The zero-order chi connectivity index (χ0) is 20.3. The van der Waals surface area contributed by atoms with Crippen molar-refractivity contribution in [2.45, 2.75) is 26.4 Å². The highest BCUT2D eigenvalue weighted by Gasteiger charge is 2.19. The van der Waals surface area contributed by atoms with Crippen molar-refractivity contribution >= 4 is 16.8 Å². The van der Waals surface area contributed by atoms with Crippen LogP contribution in [0, 0.1) is 0 Å². The lowest BCUT2D eigenvalue weighted by atomic mass is 10.1. The molecule has 1 atom stereocenters. The molecular formula is C22H24N2O4. The summed E-state index contributed by atoms with van der Waals surface area (Å²) >= 11 is 0. The van der Waals surface area contributed by atoms with Gasteiger partial charge in [0.25, 0.3) is 5.91 Å². The number of fused-ring (bicyclic) bond motifs is 1. The molecule has 6 heteroatoms. The molecule has 0 unspecified atom stereocenters. The minimum absolute atomic E-state index is 0.101. The zero-order valence-electron chi connectivity index (χ0n) is 16.5. The average molecular weight is 380 g/mol. The highest BCUT2D eigenvalue weighted by molar-refractivity contribution is 5.97. The summed E-state index contributed by atoms with van der Waals surface area (Å²) in [5, 5.41) is 3.37. The fourth-order valence-corrected chi connectivity index (χ4v) is 3.30. The molecule has 1 N–H and O–H groups in total. The number of benzene rings is 2. The summed E-state index contributed by atoms with van der Waals surface area (Å²) < 4.78 is 12.5. The Morgan fingerprint density at radius 2 is 1.89 bits per heavy atom. The van der Waals surface area contributed by atoms with E-state index in [0.29, 0.717) is 23.4 Å². The molecule has 1 heterocycles. The van der Waals surface area contributed by atoms with Gasteiger partial charge in [0, 0.05) is 18.3 Å². The van der Waals surface area contributed by atoms with Gasteiger partial charge in [0.2, 0.25) is 5.43 Å². The van der Waals surface area contributed by atoms with Crippen molar-refractivity contribution in [3.63, 3.8) is 0 Å². The van der Waals surface area contributed by atoms with E-state index < -0.39 is 5.91 Å². The van der Waals surface area contributed by atoms with Crippen LogP contribution in [0.4, 0.5) is 0 Å². The van der Waals surface area contributed by atoms with E-state index in [-0.39, 0.29) is 17.0 Å². The van der Waals surface area contributed by atoms with Crippen molar-refractivity contribution in [2.75, 3.05) is 14.2 Å². The van der Waals surface area contributed by atoms with Crippen LogP contribution in [-0.4, -0.2) is 24.7 Å². The predicted octanol–water partition coefficient (Wildman–Crippen LogP) is 3.53. The number of pyridine rings is 1. The fraction of sp³-hybridized carbons (Fsp3) is 0.273. The van der Waals surface area contributed by atoms with Gasteiger partial charge in [0.05, 0.1) is 31.2 Å². The molecule has 2 aromatic carbocycles. The van der Waals surface area contributed by atoms with Crippen LogP contribution >= 0.6 is 0 Å². The number of rotatable bonds is 6. The number of nitrogens with one attached hydrogen (secondary N) is 1. The predicted molar refractivity (Wildman–Crippen MR) is 109 cm³/mol. The number of aromatic nitrogens is 1. The third-order valence-corrected chi connectivity index (χ3v) is 4.83. The molecule has 0 aliphatic heterocycles. The first-order valence-corrected chi connectivity index (χ1v) is 9.15. The Balaban J connectivity index is 2.01. The van der Waals surface area contributed by atoms with Crippen molar-refractivity contribution in [1.82, 2.24) is 9.88 Å². The van der Waals surface area contributed by atoms with Gasteiger partial charge in [-0.25, -0.2) is 0 Å². The number of aryl methyl sites for hydroxylation is 1. The third-order valence-electron chi connectivity index (χ3n) is 4.83. The first-order valence-electron chi connectivity index (χ1n) is 9.15. The number of amides is 1. The van der Waals surface area contributed by atoms with Gasteiger partial charge < -0.3 is 19.4 Å². The molecule has 0 saturated heterocycles. The van der Waals surface area contributed by atoms with Gasteiger partial charge in [-0.1, -0.05) is 18.2 Å². The molecule has 0 fully saturated rings. The summed E-state index contributed by atoms with van der Waals surface area (Å²) in [5.41, 5.74) is 1.40. The molecule has 0 saturated carbocycles. The molecule has 3 aromatic rings. The maximum Gasteiger partial charge on any atom is 0.257 e. The maximum absolute atomic E-state index is 13.0. The second-order valence-corrected chi connectivity index (χ2v) is 6.48. The summed E-state index contributed by atoms with van der Waals surface area (Å²) in [5.74, 6) is 0.840. The lowest BCUT2D eigenvalue weighted by molar-refractivity contribution is 0.0938. The number of methoxy groups -OCH3 is 2. The SMILES string of the molecule is CCn1cc(C(=O)N[C@@H](C)c2ccccc2OC)c(=O)c2cc(OC)ccc21. The molecule has 146 valence electrons. The third kappa shape index (κ3) is 3.58. The smallest absolute Gasteiger partial charge is 0.257 e. The number of nitrogens with zero attached hydrogens (tertiary/aromatic N) is 1. The van der Waals surface area contributed by atoms with E-state index >= 15 is 0 Å². The number of hydrogen-bond donors (Lipinski definition) is 1. The highest BCUT2D eigenvalue weighted by Crippen LogP contribution is 2.25. The van der Waals surface area contributed by atoms with Crippen LogP contribution in [0.3, 0.4) is 0 Å². The topological polar surface area (TPSA) is 69.6 Å². The molecular weight excluding hydrogens is 356 g/mol. The molecule has 3 rings (SSSR count). The summed E-state index contributed by atoms with van der Waals surface area (Å²) in [6.07, 6.45) is 1.61. The van der Waals surface area contributed by atoms with Crippen LogP contribution in [0.1, 0.15) is 35.8 Å². The highest BCUT2D eigenvalue weighted by atomic mass is 16.5. The van der Waals surface area contributed by atoms with Crippen molar-refractivity contribution in [2.24, 2.45) is 0 Å². The number of carbonyl (C=O) groups is 1. The Bertz CT molecular complexity index is 1070. The monoisotopic (exact) mass is 380 g/mol. The van der Waals surface area contributed by atoms with Crippen LogP contribution in [0.2, 0.25) is 0 Å². The van der Waals surface area contributed by atoms with E-state index in [1.165, 1.54) is 0 Å². The largest absolute Gasteiger partial charge is 0.497 e. The van der Waals surface area contributed by atoms with Gasteiger partial charge in [-0.2, -0.15) is 0 Å². The lowest BCUT2D eigenvalue weighted by Crippen LogP contribution is -2.32. The first-order chi connectivity index (χ1) is 13.5. The van der Waals surface area contributed by atoms with Gasteiger partial charge in [0.15, 0.2) is 0 Å². The number of carbonyl (C=O) groups excluding carboxylic acids is 1. The molecule has 28 heavy (non-hydrogen) atoms. The molecule has 0 radical (unpaired) electrons. The number of hydrogen-bond acceptors (Lipinski definition) is 4. The average Bonchev–Trinajstić information content (AvgIpc) is 2.73. The number of ether oxygens (including phenoxy) is 2. The number of para-hydroxylation sites is 1. The van der Waals surface area contributed by atoms with Crippen LogP contribution in [0.5, 0.6) is 11.5 Å². The molecule has 0 aliphatic rings. The van der Waals surface area contributed by atoms with Crippen molar-refractivity contribution in [3.05, 3.63) is 70.0 Å². The van der Waals surface area contributed by atoms with Crippen LogP contribution in [0.25, 0.3) is 10.9 Å². The second kappa shape index (κ2) is 8.17. The Morgan fingerprint density at radius 1 is 1.14 bits per heavy atom. The van der Waals surface area contributed by atoms with Gasteiger partial charge in [-0.15, -0.1) is 0 Å². The quantitative estimate of drug-likeness (QED) is 0.710. The van der Waals surface area contributed by atoms with E-state index in [1.807, 2.05) is 48.7 Å². The molecule has 6 nitrogen and oxygen atoms in total. The first kappa shape index (κ1) is 19.5. The van der Waals surface area contributed by atoms with E-state index in [2.05, 4.69) is 5.32 Å². The van der Waals surface area contributed by atoms with Gasteiger partial charge in [0.1, 0.15) is 17.1 Å². The standard InChI is InChI=1S/C22H24N2O4/c1-5-24-13-18(21(25)17-12-15(27-3)10-11-19(17)24)22(26)23-14(2)16-8-6-7-9-20(16)28-4/h6-14H,5H2,1-4H3,(H,23,26)/t14-/m0/s1. The Labute approximate surface area is 163 Å². The van der Waals surface area contributed by atoms with Gasteiger partial charge in [-0.05, 0) is 38.1 Å². The Hall–Kier alpha value is -3.28. The minimum Gasteiger partial charge on any atom is -0.497 e. The molecule has 0 bridgehead atoms. The zero-order valence-corrected chi connectivity index (χ0v) is 16.5. The van der Waals surface area contributed by atoms with E-state index in [9.17, 15) is 9.59 Å². The molecule has 1 amide bonds. The summed E-state index contributed by atoms with van der Waals surface area (Å²) in [6.45, 7) is 4.46. The van der Waals surface area contributed by atoms with E-state index in [1.54, 1.807) is 32.5 Å². The van der Waals surface area contributed by atoms with Crippen molar-refractivity contribution < 1.29 is 14.3 Å². The van der Waals surface area contributed by atoms with E-state index in [0.717, 1.165) is 11.1 Å². The summed E-state index contributed by atoms with van der Waals surface area (Å²) in [4.78, 5) is 25.9. The normalized spacial score (nSPS) is 11.9. The molecule has 0 spiro atoms. The minimum atomic E-state index is -0.421. The Kier molecular flexibility index (Phi) is 5.68. The second-order valence-electron chi connectivity index (χ2n) is 6.48. The van der Waals surface area contributed by atoms with Crippen LogP contribution in [-0.2, 0) is 6.54 Å². The van der Waals surface area contributed by atoms with E-state index in [4.69, 9.17) is 9.47 Å². The van der Waals surface area contributed by atoms with Gasteiger partial charge >= 0.3 is 0 Å². The molecule has 0 aliphatic carbocycles. The van der Waals surface area contributed by atoms with Crippen molar-refractivity contribution in [1.29, 1.82) is 0 Å². The van der Waals surface area contributed by atoms with Crippen LogP contribution in [0.15, 0.2) is 53.5 Å². The maximum atomic E-state index is 13.0. The molecule has 1 aromatic heterocycles.